The second-order valence-corrected chi connectivity index (χ2v) is 5.52. The predicted octanol–water partition coefficient (Wildman–Crippen LogP) is 2.14. The Morgan fingerprint density at radius 3 is 3.05 bits per heavy atom. The zero-order valence-corrected chi connectivity index (χ0v) is 12.0. The summed E-state index contributed by atoms with van der Waals surface area (Å²) in [6.45, 7) is 6.26. The van der Waals surface area contributed by atoms with E-state index >= 15 is 0 Å². The molecule has 4 heteroatoms. The van der Waals surface area contributed by atoms with Gasteiger partial charge in [0, 0.05) is 18.8 Å². The number of nitrogens with zero attached hydrogens (tertiary/aromatic N) is 1. The van der Waals surface area contributed by atoms with E-state index in [0.717, 1.165) is 44.4 Å². The van der Waals surface area contributed by atoms with Gasteiger partial charge < -0.3 is 15.8 Å². The molecular formula is C15H25N3O. The van der Waals surface area contributed by atoms with Gasteiger partial charge in [0.2, 0.25) is 0 Å². The van der Waals surface area contributed by atoms with Gasteiger partial charge in [0.05, 0.1) is 5.60 Å². The first kappa shape index (κ1) is 14.3. The highest BCUT2D eigenvalue weighted by atomic mass is 16.5. The molecule has 1 fully saturated rings. The third kappa shape index (κ3) is 3.45. The average molecular weight is 263 g/mol. The molecule has 1 aromatic rings. The number of pyridine rings is 1. The molecule has 0 aromatic carbocycles. The van der Waals surface area contributed by atoms with Gasteiger partial charge in [0.1, 0.15) is 5.82 Å². The van der Waals surface area contributed by atoms with Gasteiger partial charge in [-0.25, -0.2) is 4.98 Å². The van der Waals surface area contributed by atoms with E-state index in [-0.39, 0.29) is 5.60 Å². The number of anilines is 1. The quantitative estimate of drug-likeness (QED) is 0.825. The molecule has 19 heavy (non-hydrogen) atoms. The first-order valence-electron chi connectivity index (χ1n) is 7.22. The van der Waals surface area contributed by atoms with Crippen molar-refractivity contribution in [3.05, 3.63) is 23.9 Å². The van der Waals surface area contributed by atoms with Crippen molar-refractivity contribution < 1.29 is 4.74 Å². The molecule has 3 N–H and O–H groups in total. The largest absolute Gasteiger partial charge is 0.383 e. The lowest BCUT2D eigenvalue weighted by Crippen LogP contribution is -2.50. The average Bonchev–Trinajstić information content (AvgIpc) is 2.84. The molecule has 0 bridgehead atoms. The van der Waals surface area contributed by atoms with E-state index in [9.17, 15) is 0 Å². The predicted molar refractivity (Wildman–Crippen MR) is 78.0 cm³/mol. The molecule has 2 heterocycles. The van der Waals surface area contributed by atoms with Crippen LogP contribution in [0.15, 0.2) is 18.3 Å². The highest BCUT2D eigenvalue weighted by Crippen LogP contribution is 2.31. The van der Waals surface area contributed by atoms with Gasteiger partial charge >= 0.3 is 0 Å². The lowest BCUT2D eigenvalue weighted by Gasteiger charge is -2.34. The SMILES string of the molecule is CCCNC(Cc1cccnc1N)C1(C)CCCO1. The Morgan fingerprint density at radius 2 is 2.42 bits per heavy atom. The Hall–Kier alpha value is -1.13. The zero-order chi connectivity index (χ0) is 13.7. The molecule has 1 aliphatic rings. The second-order valence-electron chi connectivity index (χ2n) is 5.52. The summed E-state index contributed by atoms with van der Waals surface area (Å²) in [5, 5.41) is 3.62. The molecule has 0 radical (unpaired) electrons. The maximum absolute atomic E-state index is 5.99. The van der Waals surface area contributed by atoms with Gasteiger partial charge in [-0.15, -0.1) is 0 Å². The summed E-state index contributed by atoms with van der Waals surface area (Å²) >= 11 is 0. The van der Waals surface area contributed by atoms with Gasteiger partial charge in [0.25, 0.3) is 0 Å². The maximum atomic E-state index is 5.99. The summed E-state index contributed by atoms with van der Waals surface area (Å²) in [4.78, 5) is 4.17. The Bertz CT molecular complexity index is 402. The molecule has 2 unspecified atom stereocenters. The number of ether oxygens (including phenoxy) is 1. The molecule has 106 valence electrons. The molecule has 2 atom stereocenters. The fourth-order valence-electron chi connectivity index (χ4n) is 2.74. The van der Waals surface area contributed by atoms with E-state index in [1.54, 1.807) is 6.20 Å². The third-order valence-corrected chi connectivity index (χ3v) is 3.98. The number of nitrogens with two attached hydrogens (primary N) is 1. The van der Waals surface area contributed by atoms with E-state index in [1.807, 2.05) is 6.07 Å². The Balaban J connectivity index is 2.11. The van der Waals surface area contributed by atoms with E-state index in [4.69, 9.17) is 10.5 Å². The number of nitrogen functional groups attached to an aromatic ring is 1. The Kier molecular flexibility index (Phi) is 4.77. The highest BCUT2D eigenvalue weighted by Gasteiger charge is 2.38. The van der Waals surface area contributed by atoms with Gasteiger partial charge in [0.15, 0.2) is 0 Å². The second kappa shape index (κ2) is 6.35. The van der Waals surface area contributed by atoms with Crippen molar-refractivity contribution in [2.45, 2.75) is 51.2 Å². The summed E-state index contributed by atoms with van der Waals surface area (Å²) in [6, 6.07) is 4.29. The van der Waals surface area contributed by atoms with Gasteiger partial charge in [-0.3, -0.25) is 0 Å². The molecule has 2 rings (SSSR count). The monoisotopic (exact) mass is 263 g/mol. The smallest absolute Gasteiger partial charge is 0.126 e. The van der Waals surface area contributed by atoms with Crippen LogP contribution in [0.1, 0.15) is 38.7 Å². The van der Waals surface area contributed by atoms with Crippen LogP contribution in [0.3, 0.4) is 0 Å². The van der Waals surface area contributed by atoms with E-state index in [2.05, 4.69) is 30.2 Å². The first-order chi connectivity index (χ1) is 9.15. The van der Waals surface area contributed by atoms with Crippen LogP contribution in [-0.4, -0.2) is 29.8 Å². The van der Waals surface area contributed by atoms with Gasteiger partial charge in [-0.2, -0.15) is 0 Å². The molecule has 1 aliphatic heterocycles. The number of hydrogen-bond acceptors (Lipinski definition) is 4. The number of aromatic nitrogens is 1. The minimum absolute atomic E-state index is 0.0859. The molecular weight excluding hydrogens is 238 g/mol. The minimum atomic E-state index is -0.0859. The minimum Gasteiger partial charge on any atom is -0.383 e. The first-order valence-corrected chi connectivity index (χ1v) is 7.22. The Labute approximate surface area is 115 Å². The van der Waals surface area contributed by atoms with Crippen molar-refractivity contribution in [3.63, 3.8) is 0 Å². The van der Waals surface area contributed by atoms with Crippen LogP contribution in [0, 0.1) is 0 Å². The summed E-state index contributed by atoms with van der Waals surface area (Å²) in [7, 11) is 0. The van der Waals surface area contributed by atoms with Crippen LogP contribution in [0.25, 0.3) is 0 Å². The van der Waals surface area contributed by atoms with E-state index in [1.165, 1.54) is 0 Å². The summed E-state index contributed by atoms with van der Waals surface area (Å²) in [6.07, 6.45) is 5.98. The number of nitrogens with one attached hydrogen (secondary N) is 1. The van der Waals surface area contributed by atoms with Crippen molar-refractivity contribution >= 4 is 5.82 Å². The summed E-state index contributed by atoms with van der Waals surface area (Å²) in [5.41, 5.74) is 6.98. The van der Waals surface area contributed by atoms with Crippen molar-refractivity contribution in [3.8, 4) is 0 Å². The lowest BCUT2D eigenvalue weighted by atomic mass is 9.88. The normalized spacial score (nSPS) is 24.5. The standard InChI is InChI=1S/C15H25N3O/c1-3-8-17-13(15(2)7-5-10-19-15)11-12-6-4-9-18-14(12)16/h4,6,9,13,17H,3,5,7-8,10-11H2,1-2H3,(H2,16,18). The van der Waals surface area contributed by atoms with E-state index in [0.29, 0.717) is 11.9 Å². The molecule has 1 aromatic heterocycles. The summed E-state index contributed by atoms with van der Waals surface area (Å²) < 4.78 is 5.99. The summed E-state index contributed by atoms with van der Waals surface area (Å²) in [5.74, 6) is 0.632. The zero-order valence-electron chi connectivity index (χ0n) is 12.0. The van der Waals surface area contributed by atoms with Crippen molar-refractivity contribution in [2.75, 3.05) is 18.9 Å². The number of rotatable bonds is 6. The molecule has 0 spiro atoms. The number of hydrogen-bond donors (Lipinski definition) is 2. The highest BCUT2D eigenvalue weighted by molar-refractivity contribution is 5.39. The van der Waals surface area contributed by atoms with Crippen LogP contribution in [0.5, 0.6) is 0 Å². The fraction of sp³-hybridized carbons (Fsp3) is 0.667. The van der Waals surface area contributed by atoms with Crippen LogP contribution in [0.2, 0.25) is 0 Å². The maximum Gasteiger partial charge on any atom is 0.126 e. The van der Waals surface area contributed by atoms with Crippen molar-refractivity contribution in [1.82, 2.24) is 10.3 Å². The fourth-order valence-corrected chi connectivity index (χ4v) is 2.74. The topological polar surface area (TPSA) is 60.2 Å². The van der Waals surface area contributed by atoms with Crippen LogP contribution >= 0.6 is 0 Å². The van der Waals surface area contributed by atoms with Gasteiger partial charge in [-0.05, 0) is 50.8 Å². The third-order valence-electron chi connectivity index (χ3n) is 3.98. The van der Waals surface area contributed by atoms with Crippen LogP contribution < -0.4 is 11.1 Å². The van der Waals surface area contributed by atoms with Gasteiger partial charge in [-0.1, -0.05) is 13.0 Å². The van der Waals surface area contributed by atoms with Crippen LogP contribution in [0.4, 0.5) is 5.82 Å². The molecule has 4 nitrogen and oxygen atoms in total. The molecule has 1 saturated heterocycles. The van der Waals surface area contributed by atoms with Crippen molar-refractivity contribution in [1.29, 1.82) is 0 Å². The van der Waals surface area contributed by atoms with Crippen LogP contribution in [-0.2, 0) is 11.2 Å². The molecule has 0 saturated carbocycles. The molecule has 0 aliphatic carbocycles. The van der Waals surface area contributed by atoms with Crippen molar-refractivity contribution in [2.24, 2.45) is 0 Å². The molecule has 0 amide bonds. The van der Waals surface area contributed by atoms with E-state index < -0.39 is 0 Å². The lowest BCUT2D eigenvalue weighted by molar-refractivity contribution is -0.0113. The Morgan fingerprint density at radius 1 is 1.58 bits per heavy atom.